The van der Waals surface area contributed by atoms with Crippen molar-refractivity contribution >= 4 is 33.3 Å². The van der Waals surface area contributed by atoms with Crippen molar-refractivity contribution in [3.05, 3.63) is 78.4 Å². The number of nitrogens with one attached hydrogen (secondary N) is 1. The third-order valence-electron chi connectivity index (χ3n) is 5.97. The monoisotopic (exact) mass is 573 g/mol. The van der Waals surface area contributed by atoms with Crippen molar-refractivity contribution in [2.75, 3.05) is 24.3 Å². The van der Waals surface area contributed by atoms with Crippen molar-refractivity contribution in [2.45, 2.75) is 43.5 Å². The van der Waals surface area contributed by atoms with Crippen molar-refractivity contribution in [2.24, 2.45) is 0 Å². The number of unbranched alkanes of at least 4 members (excludes halogenated alkanes) is 1. The number of nitrogen functional groups attached to an aromatic ring is 1. The van der Waals surface area contributed by atoms with E-state index in [0.717, 1.165) is 6.42 Å². The van der Waals surface area contributed by atoms with Crippen LogP contribution < -0.4 is 24.8 Å². The van der Waals surface area contributed by atoms with Gasteiger partial charge in [0.05, 0.1) is 17.7 Å². The number of carboxylic acids is 1. The Hall–Kier alpha value is -4.16. The number of anilines is 2. The van der Waals surface area contributed by atoms with Crippen LogP contribution in [0.2, 0.25) is 0 Å². The number of nitrogens with zero attached hydrogens (tertiary/aromatic N) is 1. The highest BCUT2D eigenvalue weighted by molar-refractivity contribution is 7.89. The average molecular weight is 574 g/mol. The number of benzene rings is 3. The molecule has 0 saturated heterocycles. The molecular weight excluding hydrogens is 541 g/mol. The molecule has 3 aromatic rings. The zero-order valence-corrected chi connectivity index (χ0v) is 22.9. The second-order valence-electron chi connectivity index (χ2n) is 8.88. The fourth-order valence-electron chi connectivity index (χ4n) is 3.90. The molecule has 10 nitrogen and oxygen atoms in total. The van der Waals surface area contributed by atoms with Crippen LogP contribution in [0.1, 0.15) is 25.3 Å². The summed E-state index contributed by atoms with van der Waals surface area (Å²) in [6.45, 7) is 2.32. The number of nitrogens with two attached hydrogens (primary N) is 1. The maximum absolute atomic E-state index is 14.0. The summed E-state index contributed by atoms with van der Waals surface area (Å²) in [5.74, 6) is -1.90. The van der Waals surface area contributed by atoms with Crippen LogP contribution in [0.5, 0.6) is 11.5 Å². The third-order valence-corrected chi connectivity index (χ3v) is 7.46. The molecule has 40 heavy (non-hydrogen) atoms. The molecule has 3 aromatic carbocycles. The Bertz CT molecular complexity index is 1400. The molecule has 0 heterocycles. The summed E-state index contributed by atoms with van der Waals surface area (Å²) in [5, 5.41) is 8.75. The van der Waals surface area contributed by atoms with E-state index in [4.69, 9.17) is 20.3 Å². The van der Waals surface area contributed by atoms with Gasteiger partial charge < -0.3 is 25.2 Å². The van der Waals surface area contributed by atoms with Gasteiger partial charge in [-0.15, -0.1) is 0 Å². The number of ether oxygens (including phenoxy) is 2. The van der Waals surface area contributed by atoms with Gasteiger partial charge in [0, 0.05) is 12.2 Å². The van der Waals surface area contributed by atoms with Gasteiger partial charge in [0.15, 0.2) is 0 Å². The predicted octanol–water partition coefficient (Wildman–Crippen LogP) is 3.76. The Kier molecular flexibility index (Phi) is 10.5. The molecular formula is C28H32FN3O7S. The summed E-state index contributed by atoms with van der Waals surface area (Å²) in [6, 6.07) is 17.4. The number of hydrogen-bond donors (Lipinski definition) is 3. The molecule has 0 aromatic heterocycles. The highest BCUT2D eigenvalue weighted by Crippen LogP contribution is 2.26. The lowest BCUT2D eigenvalue weighted by Crippen LogP contribution is -2.50. The standard InChI is InChI=1S/C28H32FN3O7S/c1-3-4-16-32(20-11-13-21(38-2)14-12-20)27(33)24(31-40(36,37)22-8-6-5-7-9-22)18-19-10-15-25(23(30)17-19)39-26(29)28(34)35/h5-15,17,24,26,31H,3-4,16,18,30H2,1-2H3,(H,34,35). The van der Waals surface area contributed by atoms with E-state index in [1.807, 2.05) is 6.92 Å². The molecule has 0 aliphatic heterocycles. The normalized spacial score (nSPS) is 12.8. The number of carbonyl (C=O) groups excluding carboxylic acids is 1. The minimum absolute atomic E-state index is 0.0109. The van der Waals surface area contributed by atoms with Gasteiger partial charge in [-0.05, 0) is 66.9 Å². The smallest absolute Gasteiger partial charge is 0.378 e. The first-order valence-electron chi connectivity index (χ1n) is 12.5. The molecule has 2 atom stereocenters. The molecule has 0 fully saturated rings. The second-order valence-corrected chi connectivity index (χ2v) is 10.6. The largest absolute Gasteiger partial charge is 0.497 e. The van der Waals surface area contributed by atoms with E-state index in [2.05, 4.69) is 4.72 Å². The van der Waals surface area contributed by atoms with Gasteiger partial charge >= 0.3 is 12.3 Å². The lowest BCUT2D eigenvalue weighted by Gasteiger charge is -2.28. The number of aliphatic carboxylic acids is 1. The van der Waals surface area contributed by atoms with Crippen molar-refractivity contribution in [1.82, 2.24) is 4.72 Å². The van der Waals surface area contributed by atoms with Gasteiger partial charge in [0.1, 0.15) is 17.5 Å². The summed E-state index contributed by atoms with van der Waals surface area (Å²) >= 11 is 0. The van der Waals surface area contributed by atoms with Crippen LogP contribution in [-0.2, 0) is 26.0 Å². The van der Waals surface area contributed by atoms with Gasteiger partial charge in [-0.2, -0.15) is 9.11 Å². The molecule has 3 rings (SSSR count). The number of carboxylic acid groups (broad SMARTS) is 1. The quantitative estimate of drug-likeness (QED) is 0.247. The molecule has 0 saturated carbocycles. The molecule has 0 aliphatic rings. The Labute approximate surface area is 232 Å². The molecule has 0 bridgehead atoms. The van der Waals surface area contributed by atoms with E-state index in [9.17, 15) is 22.4 Å². The van der Waals surface area contributed by atoms with Gasteiger partial charge in [0.25, 0.3) is 0 Å². The lowest BCUT2D eigenvalue weighted by molar-refractivity contribution is -0.153. The van der Waals surface area contributed by atoms with Crippen LogP contribution in [0, 0.1) is 0 Å². The van der Waals surface area contributed by atoms with Crippen LogP contribution in [0.25, 0.3) is 0 Å². The first kappa shape index (κ1) is 30.4. The van der Waals surface area contributed by atoms with Crippen molar-refractivity contribution in [3.63, 3.8) is 0 Å². The van der Waals surface area contributed by atoms with Crippen LogP contribution >= 0.6 is 0 Å². The van der Waals surface area contributed by atoms with Crippen LogP contribution in [-0.4, -0.2) is 51.5 Å². The number of halogens is 1. The molecule has 214 valence electrons. The van der Waals surface area contributed by atoms with Crippen molar-refractivity contribution < 1.29 is 37.0 Å². The molecule has 0 radical (unpaired) electrons. The first-order chi connectivity index (χ1) is 19.1. The molecule has 12 heteroatoms. The van der Waals surface area contributed by atoms with Crippen molar-refractivity contribution in [3.8, 4) is 11.5 Å². The van der Waals surface area contributed by atoms with Crippen LogP contribution in [0.4, 0.5) is 15.8 Å². The summed E-state index contributed by atoms with van der Waals surface area (Å²) < 4.78 is 52.5. The number of amides is 1. The van der Waals surface area contributed by atoms with E-state index in [1.165, 1.54) is 42.3 Å². The highest BCUT2D eigenvalue weighted by atomic mass is 32.2. The average Bonchev–Trinajstić information content (AvgIpc) is 2.94. The Morgan fingerprint density at radius 1 is 1.07 bits per heavy atom. The third kappa shape index (κ3) is 7.93. The summed E-state index contributed by atoms with van der Waals surface area (Å²) in [4.78, 5) is 26.3. The Morgan fingerprint density at radius 2 is 1.75 bits per heavy atom. The SMILES string of the molecule is CCCCN(C(=O)C(Cc1ccc(OC(F)C(=O)O)c(N)c1)NS(=O)(=O)c1ccccc1)c1ccc(OC)cc1. The minimum atomic E-state index is -4.10. The molecule has 2 unspecified atom stereocenters. The number of sulfonamides is 1. The van der Waals surface area contributed by atoms with Gasteiger partial charge in [-0.25, -0.2) is 13.2 Å². The van der Waals surface area contributed by atoms with Crippen LogP contribution in [0.15, 0.2) is 77.7 Å². The maximum Gasteiger partial charge on any atom is 0.378 e. The molecule has 4 N–H and O–H groups in total. The first-order valence-corrected chi connectivity index (χ1v) is 14.0. The van der Waals surface area contributed by atoms with E-state index < -0.39 is 34.3 Å². The molecule has 0 spiro atoms. The van der Waals surface area contributed by atoms with Gasteiger partial charge in [-0.1, -0.05) is 37.6 Å². The zero-order valence-electron chi connectivity index (χ0n) is 22.1. The van der Waals surface area contributed by atoms with E-state index in [0.29, 0.717) is 30.0 Å². The molecule has 0 aliphatic carbocycles. The van der Waals surface area contributed by atoms with Crippen molar-refractivity contribution in [1.29, 1.82) is 0 Å². The zero-order chi connectivity index (χ0) is 29.3. The van der Waals surface area contributed by atoms with Gasteiger partial charge in [0.2, 0.25) is 15.9 Å². The van der Waals surface area contributed by atoms with Crippen LogP contribution in [0.3, 0.4) is 0 Å². The number of rotatable bonds is 14. The number of carbonyl (C=O) groups is 2. The highest BCUT2D eigenvalue weighted by Gasteiger charge is 2.31. The second kappa shape index (κ2) is 13.8. The lowest BCUT2D eigenvalue weighted by atomic mass is 10.0. The predicted molar refractivity (Wildman–Crippen MR) is 149 cm³/mol. The summed E-state index contributed by atoms with van der Waals surface area (Å²) in [5.41, 5.74) is 6.88. The Morgan fingerprint density at radius 3 is 2.33 bits per heavy atom. The molecule has 1 amide bonds. The minimum Gasteiger partial charge on any atom is -0.497 e. The fourth-order valence-corrected chi connectivity index (χ4v) is 5.11. The number of alkyl halides is 1. The van der Waals surface area contributed by atoms with E-state index >= 15 is 0 Å². The number of methoxy groups -OCH3 is 1. The van der Waals surface area contributed by atoms with E-state index in [-0.39, 0.29) is 22.8 Å². The topological polar surface area (TPSA) is 148 Å². The Balaban J connectivity index is 1.98. The van der Waals surface area contributed by atoms with Gasteiger partial charge in [-0.3, -0.25) is 4.79 Å². The fraction of sp³-hybridized carbons (Fsp3) is 0.286. The summed E-state index contributed by atoms with van der Waals surface area (Å²) in [7, 11) is -2.57. The maximum atomic E-state index is 14.0. The number of hydrogen-bond acceptors (Lipinski definition) is 7. The summed E-state index contributed by atoms with van der Waals surface area (Å²) in [6.07, 6.45) is -1.25. The van der Waals surface area contributed by atoms with E-state index in [1.54, 1.807) is 42.5 Å².